The largest absolute Gasteiger partial charge is 0.493 e. The van der Waals surface area contributed by atoms with Gasteiger partial charge in [0.2, 0.25) is 0 Å². The molecule has 0 fully saturated rings. The van der Waals surface area contributed by atoms with Crippen molar-refractivity contribution in [3.63, 3.8) is 0 Å². The molecule has 158 valence electrons. The van der Waals surface area contributed by atoms with Gasteiger partial charge in [-0.05, 0) is 36.9 Å². The molecule has 0 radical (unpaired) electrons. The maximum Gasteiger partial charge on any atom is 0.414 e. The first-order valence-corrected chi connectivity index (χ1v) is 8.92. The number of ether oxygens (including phenoxy) is 2. The Morgan fingerprint density at radius 3 is 2.59 bits per heavy atom. The van der Waals surface area contributed by atoms with E-state index in [2.05, 4.69) is 5.32 Å². The Morgan fingerprint density at radius 1 is 1.24 bits per heavy atom. The van der Waals surface area contributed by atoms with Gasteiger partial charge in [0, 0.05) is 26.6 Å². The van der Waals surface area contributed by atoms with Crippen molar-refractivity contribution in [3.05, 3.63) is 63.2 Å². The van der Waals surface area contributed by atoms with Crippen molar-refractivity contribution in [3.8, 4) is 11.5 Å². The number of nitrogens with zero attached hydrogens (tertiary/aromatic N) is 2. The lowest BCUT2D eigenvalue weighted by molar-refractivity contribution is -0.384. The molecule has 29 heavy (non-hydrogen) atoms. The first kappa shape index (κ1) is 24.5. The fraction of sp³-hybridized carbons (Fsp3) is 0.316. The van der Waals surface area contributed by atoms with Crippen molar-refractivity contribution in [2.75, 3.05) is 27.7 Å². The minimum Gasteiger partial charge on any atom is -0.493 e. The lowest BCUT2D eigenvalue weighted by Crippen LogP contribution is -2.25. The van der Waals surface area contributed by atoms with E-state index < -0.39 is 11.0 Å². The van der Waals surface area contributed by atoms with E-state index in [-0.39, 0.29) is 29.2 Å². The number of nitro groups is 1. The third-order valence-electron chi connectivity index (χ3n) is 3.97. The van der Waals surface area contributed by atoms with Crippen LogP contribution in [0.1, 0.15) is 18.0 Å². The summed E-state index contributed by atoms with van der Waals surface area (Å²) in [5.74, 6) is 0.824. The highest BCUT2D eigenvalue weighted by Crippen LogP contribution is 2.29. The summed E-state index contributed by atoms with van der Waals surface area (Å²) in [4.78, 5) is 23.5. The topological polar surface area (TPSA) is 93.9 Å². The van der Waals surface area contributed by atoms with E-state index in [1.54, 1.807) is 38.4 Å². The van der Waals surface area contributed by atoms with Crippen molar-refractivity contribution in [2.24, 2.45) is 0 Å². The van der Waals surface area contributed by atoms with Crippen LogP contribution in [0.25, 0.3) is 0 Å². The van der Waals surface area contributed by atoms with E-state index in [1.165, 1.54) is 17.0 Å². The molecule has 8 nitrogen and oxygen atoms in total. The van der Waals surface area contributed by atoms with Gasteiger partial charge in [-0.3, -0.25) is 10.1 Å². The fourth-order valence-corrected chi connectivity index (χ4v) is 2.67. The minimum atomic E-state index is -0.549. The molecular formula is C19H23Cl2N3O5. The first-order valence-electron chi connectivity index (χ1n) is 8.55. The molecule has 0 aliphatic rings. The second-order valence-electron chi connectivity index (χ2n) is 6.18. The number of hydrogen-bond donors (Lipinski definition) is 1. The normalized spacial score (nSPS) is 11.2. The zero-order valence-corrected chi connectivity index (χ0v) is 17.8. The molecule has 0 aromatic heterocycles. The predicted octanol–water partition coefficient (Wildman–Crippen LogP) is 4.46. The summed E-state index contributed by atoms with van der Waals surface area (Å²) < 4.78 is 10.9. The number of nitro benzene ring substituents is 1. The number of rotatable bonds is 8. The average molecular weight is 444 g/mol. The molecule has 1 amide bonds. The average Bonchev–Trinajstić information content (AvgIpc) is 2.66. The minimum absolute atomic E-state index is 0. The molecule has 1 unspecified atom stereocenters. The molecule has 0 spiro atoms. The van der Waals surface area contributed by atoms with Crippen LogP contribution in [0, 0.1) is 10.1 Å². The summed E-state index contributed by atoms with van der Waals surface area (Å²) in [5, 5.41) is 14.2. The van der Waals surface area contributed by atoms with Gasteiger partial charge >= 0.3 is 6.09 Å². The van der Waals surface area contributed by atoms with Gasteiger partial charge in [-0.2, -0.15) is 0 Å². The van der Waals surface area contributed by atoms with Crippen molar-refractivity contribution in [2.45, 2.75) is 12.5 Å². The van der Waals surface area contributed by atoms with Crippen molar-refractivity contribution < 1.29 is 19.2 Å². The van der Waals surface area contributed by atoms with E-state index in [0.717, 1.165) is 5.56 Å². The predicted molar refractivity (Wildman–Crippen MR) is 113 cm³/mol. The van der Waals surface area contributed by atoms with Gasteiger partial charge in [0.15, 0.2) is 0 Å². The zero-order chi connectivity index (χ0) is 20.7. The molecule has 1 atom stereocenters. The van der Waals surface area contributed by atoms with Crippen LogP contribution in [-0.4, -0.2) is 43.7 Å². The Kier molecular flexibility index (Phi) is 9.67. The first-order chi connectivity index (χ1) is 13.3. The number of benzene rings is 2. The molecule has 2 aromatic carbocycles. The van der Waals surface area contributed by atoms with Crippen molar-refractivity contribution >= 4 is 35.8 Å². The third kappa shape index (κ3) is 7.08. The Morgan fingerprint density at radius 2 is 1.97 bits per heavy atom. The summed E-state index contributed by atoms with van der Waals surface area (Å²) in [6, 6.07) is 11.5. The summed E-state index contributed by atoms with van der Waals surface area (Å²) >= 11 is 5.80. The van der Waals surface area contributed by atoms with Crippen LogP contribution >= 0.6 is 24.0 Å². The van der Waals surface area contributed by atoms with Crippen LogP contribution in [0.3, 0.4) is 0 Å². The second-order valence-corrected chi connectivity index (χ2v) is 6.59. The van der Waals surface area contributed by atoms with Gasteiger partial charge < -0.3 is 19.7 Å². The Balaban J connectivity index is 0.00000420. The van der Waals surface area contributed by atoms with Crippen LogP contribution in [-0.2, 0) is 0 Å². The highest BCUT2D eigenvalue weighted by molar-refractivity contribution is 6.32. The highest BCUT2D eigenvalue weighted by atomic mass is 35.5. The lowest BCUT2D eigenvalue weighted by atomic mass is 10.0. The molecule has 10 heteroatoms. The summed E-state index contributed by atoms with van der Waals surface area (Å²) in [7, 11) is 5.04. The molecule has 2 rings (SSSR count). The molecule has 0 bridgehead atoms. The number of nitrogens with one attached hydrogen (secondary N) is 1. The van der Waals surface area contributed by atoms with Crippen molar-refractivity contribution in [1.29, 1.82) is 0 Å². The Bertz CT molecular complexity index is 848. The van der Waals surface area contributed by atoms with Crippen molar-refractivity contribution in [1.82, 2.24) is 10.2 Å². The van der Waals surface area contributed by atoms with Crippen LogP contribution in [0.5, 0.6) is 11.5 Å². The van der Waals surface area contributed by atoms with Gasteiger partial charge in [-0.1, -0.05) is 23.7 Å². The number of halogens is 2. The SMILES string of the molecule is CNC(CCOc1ccc(Cl)c([N+](=O)[O-])c1)c1cccc(OC(=O)N(C)C)c1.Cl. The number of carbonyl (C=O) groups is 1. The molecule has 0 aliphatic heterocycles. The molecule has 1 N–H and O–H groups in total. The van der Waals surface area contributed by atoms with Gasteiger partial charge in [-0.25, -0.2) is 4.79 Å². The molecule has 2 aromatic rings. The van der Waals surface area contributed by atoms with Gasteiger partial charge in [0.1, 0.15) is 16.5 Å². The summed E-state index contributed by atoms with van der Waals surface area (Å²) in [6.45, 7) is 0.325. The van der Waals surface area contributed by atoms with E-state index in [0.29, 0.717) is 24.5 Å². The molecule has 0 saturated heterocycles. The zero-order valence-electron chi connectivity index (χ0n) is 16.3. The molecular weight excluding hydrogens is 421 g/mol. The lowest BCUT2D eigenvalue weighted by Gasteiger charge is -2.18. The fourth-order valence-electron chi connectivity index (χ4n) is 2.48. The van der Waals surface area contributed by atoms with E-state index in [9.17, 15) is 14.9 Å². The summed E-state index contributed by atoms with van der Waals surface area (Å²) in [6.07, 6.45) is 0.142. The Labute approximate surface area is 180 Å². The monoisotopic (exact) mass is 443 g/mol. The third-order valence-corrected chi connectivity index (χ3v) is 4.29. The number of carbonyl (C=O) groups excluding carboxylic acids is 1. The van der Waals surface area contributed by atoms with Crippen LogP contribution in [0.4, 0.5) is 10.5 Å². The molecule has 0 heterocycles. The Hall–Kier alpha value is -2.55. The molecule has 0 saturated carbocycles. The van der Waals surface area contributed by atoms with E-state index in [4.69, 9.17) is 21.1 Å². The van der Waals surface area contributed by atoms with Gasteiger partial charge in [0.05, 0.1) is 17.6 Å². The summed E-state index contributed by atoms with van der Waals surface area (Å²) in [5.41, 5.74) is 0.733. The van der Waals surface area contributed by atoms with Gasteiger partial charge in [-0.15, -0.1) is 12.4 Å². The highest BCUT2D eigenvalue weighted by Gasteiger charge is 2.15. The van der Waals surface area contributed by atoms with E-state index in [1.807, 2.05) is 13.1 Å². The smallest absolute Gasteiger partial charge is 0.414 e. The van der Waals surface area contributed by atoms with E-state index >= 15 is 0 Å². The standard InChI is InChI=1S/C19H22ClN3O5.ClH/c1-21-17(13-5-4-6-15(11-13)28-19(24)22(2)3)9-10-27-14-7-8-16(20)18(12-14)23(25)26;/h4-8,11-12,17,21H,9-10H2,1-3H3;1H. The quantitative estimate of drug-likeness (QED) is 0.477. The number of hydrogen-bond acceptors (Lipinski definition) is 6. The van der Waals surface area contributed by atoms with Crippen LogP contribution < -0.4 is 14.8 Å². The maximum absolute atomic E-state index is 11.7. The van der Waals surface area contributed by atoms with Gasteiger partial charge in [0.25, 0.3) is 5.69 Å². The maximum atomic E-state index is 11.7. The second kappa shape index (κ2) is 11.5. The number of amides is 1. The van der Waals surface area contributed by atoms with Crippen LogP contribution in [0.15, 0.2) is 42.5 Å². The molecule has 0 aliphatic carbocycles. The van der Waals surface area contributed by atoms with Crippen LogP contribution in [0.2, 0.25) is 5.02 Å².